The molecule has 6 heteroatoms. The topological polar surface area (TPSA) is 67.0 Å². The molecule has 1 aromatic carbocycles. The Morgan fingerprint density at radius 3 is 2.68 bits per heavy atom. The van der Waals surface area contributed by atoms with Gasteiger partial charge in [-0.1, -0.05) is 24.4 Å². The predicted octanol–water partition coefficient (Wildman–Crippen LogP) is 4.72. The molecular formula is C22H24ClN3O2. The molecule has 1 saturated carbocycles. The summed E-state index contributed by atoms with van der Waals surface area (Å²) in [6.07, 6.45) is 5.86. The smallest absolute Gasteiger partial charge is 0.262 e. The monoisotopic (exact) mass is 397 g/mol. The average Bonchev–Trinajstić information content (AvgIpc) is 3.27. The lowest BCUT2D eigenvalue weighted by molar-refractivity contribution is -0.117. The number of rotatable bonds is 5. The maximum atomic E-state index is 12.5. The summed E-state index contributed by atoms with van der Waals surface area (Å²) in [5, 5.41) is 13.1. The summed E-state index contributed by atoms with van der Waals surface area (Å²) >= 11 is 6.19. The second kappa shape index (κ2) is 8.53. The third-order valence-corrected chi connectivity index (χ3v) is 5.44. The number of amides is 1. The number of nitrogens with one attached hydrogen (secondary N) is 1. The quantitative estimate of drug-likeness (QED) is 0.586. The van der Waals surface area contributed by atoms with E-state index in [9.17, 15) is 10.1 Å². The Balaban J connectivity index is 1.97. The molecule has 0 bridgehead atoms. The van der Waals surface area contributed by atoms with Gasteiger partial charge in [0, 0.05) is 22.5 Å². The van der Waals surface area contributed by atoms with Gasteiger partial charge in [-0.3, -0.25) is 4.79 Å². The summed E-state index contributed by atoms with van der Waals surface area (Å²) in [7, 11) is 1.61. The first-order valence-electron chi connectivity index (χ1n) is 9.40. The number of ether oxygens (including phenoxy) is 1. The van der Waals surface area contributed by atoms with Gasteiger partial charge in [-0.05, 0) is 62.6 Å². The van der Waals surface area contributed by atoms with E-state index in [2.05, 4.69) is 5.32 Å². The Morgan fingerprint density at radius 2 is 2.04 bits per heavy atom. The van der Waals surface area contributed by atoms with Gasteiger partial charge in [0.2, 0.25) is 0 Å². The number of aryl methyl sites for hydroxylation is 1. The molecule has 146 valence electrons. The van der Waals surface area contributed by atoms with Gasteiger partial charge in [0.05, 0.1) is 12.8 Å². The summed E-state index contributed by atoms with van der Waals surface area (Å²) in [4.78, 5) is 12.5. The van der Waals surface area contributed by atoms with Crippen molar-refractivity contribution in [2.45, 2.75) is 45.6 Å². The van der Waals surface area contributed by atoms with Crippen molar-refractivity contribution in [3.8, 4) is 17.5 Å². The summed E-state index contributed by atoms with van der Waals surface area (Å²) < 4.78 is 7.49. The molecule has 1 N–H and O–H groups in total. The van der Waals surface area contributed by atoms with Crippen molar-refractivity contribution in [2.24, 2.45) is 0 Å². The first-order valence-corrected chi connectivity index (χ1v) is 9.78. The van der Waals surface area contributed by atoms with Crippen LogP contribution in [0.2, 0.25) is 5.02 Å². The fourth-order valence-electron chi connectivity index (χ4n) is 3.78. The first-order chi connectivity index (χ1) is 13.4. The fourth-order valence-corrected chi connectivity index (χ4v) is 3.95. The number of hydrogen-bond donors (Lipinski definition) is 1. The van der Waals surface area contributed by atoms with E-state index in [0.29, 0.717) is 10.8 Å². The van der Waals surface area contributed by atoms with Crippen LogP contribution in [0.3, 0.4) is 0 Å². The van der Waals surface area contributed by atoms with Crippen LogP contribution in [0.15, 0.2) is 29.8 Å². The van der Waals surface area contributed by atoms with Gasteiger partial charge in [-0.25, -0.2) is 0 Å². The highest BCUT2D eigenvalue weighted by atomic mass is 35.5. The zero-order chi connectivity index (χ0) is 20.3. The molecule has 28 heavy (non-hydrogen) atoms. The van der Waals surface area contributed by atoms with Crippen molar-refractivity contribution in [3.63, 3.8) is 0 Å². The van der Waals surface area contributed by atoms with E-state index in [0.717, 1.165) is 48.3 Å². The second-order valence-electron chi connectivity index (χ2n) is 7.10. The third-order valence-electron chi connectivity index (χ3n) is 5.21. The lowest BCUT2D eigenvalue weighted by Gasteiger charge is -2.14. The molecule has 1 aromatic heterocycles. The number of hydrogen-bond acceptors (Lipinski definition) is 3. The normalized spacial score (nSPS) is 14.8. The SMILES string of the molecule is COc1ccc(Cl)cc1-n1c(C)cc(/C=C(/C#N)C(=O)NC2CCCC2)c1C. The van der Waals surface area contributed by atoms with Crippen molar-refractivity contribution in [1.82, 2.24) is 9.88 Å². The number of benzene rings is 1. The highest BCUT2D eigenvalue weighted by Crippen LogP contribution is 2.31. The van der Waals surface area contributed by atoms with E-state index in [1.165, 1.54) is 0 Å². The number of nitriles is 1. The number of halogens is 1. The Hall–Kier alpha value is -2.71. The Kier molecular flexibility index (Phi) is 6.11. The van der Waals surface area contributed by atoms with Crippen LogP contribution in [0.5, 0.6) is 5.75 Å². The summed E-state index contributed by atoms with van der Waals surface area (Å²) in [5.41, 5.74) is 3.61. The summed E-state index contributed by atoms with van der Waals surface area (Å²) in [6.45, 7) is 3.92. The maximum absolute atomic E-state index is 12.5. The van der Waals surface area contributed by atoms with E-state index >= 15 is 0 Å². The van der Waals surface area contributed by atoms with Crippen LogP contribution < -0.4 is 10.1 Å². The molecule has 0 radical (unpaired) electrons. The standard InChI is InChI=1S/C22H24ClN3O2/c1-14-10-16(11-17(13-24)22(27)25-19-6-4-5-7-19)15(2)26(14)20-12-18(23)8-9-21(20)28-3/h8-12,19H,4-7H2,1-3H3,(H,25,27)/b17-11-. The molecule has 1 aliphatic rings. The van der Waals surface area contributed by atoms with Crippen LogP contribution >= 0.6 is 11.6 Å². The molecule has 5 nitrogen and oxygen atoms in total. The molecule has 0 unspecified atom stereocenters. The minimum absolute atomic E-state index is 0.116. The summed E-state index contributed by atoms with van der Waals surface area (Å²) in [6, 6.07) is 9.61. The molecular weight excluding hydrogens is 374 g/mol. The number of aromatic nitrogens is 1. The zero-order valence-electron chi connectivity index (χ0n) is 16.4. The minimum Gasteiger partial charge on any atom is -0.495 e. The van der Waals surface area contributed by atoms with Crippen LogP contribution in [0.1, 0.15) is 42.6 Å². The molecule has 0 spiro atoms. The molecule has 1 heterocycles. The Morgan fingerprint density at radius 1 is 1.32 bits per heavy atom. The van der Waals surface area contributed by atoms with Crippen LogP contribution in [0.4, 0.5) is 0 Å². The van der Waals surface area contributed by atoms with E-state index in [1.807, 2.05) is 42.7 Å². The van der Waals surface area contributed by atoms with Crippen molar-refractivity contribution in [2.75, 3.05) is 7.11 Å². The largest absolute Gasteiger partial charge is 0.495 e. The third kappa shape index (κ3) is 4.07. The van der Waals surface area contributed by atoms with Gasteiger partial charge >= 0.3 is 0 Å². The van der Waals surface area contributed by atoms with Crippen LogP contribution in [0.25, 0.3) is 11.8 Å². The van der Waals surface area contributed by atoms with Crippen LogP contribution in [-0.2, 0) is 4.79 Å². The molecule has 1 fully saturated rings. The lowest BCUT2D eigenvalue weighted by Crippen LogP contribution is -2.33. The van der Waals surface area contributed by atoms with Crippen molar-refractivity contribution in [3.05, 3.63) is 51.8 Å². The Bertz CT molecular complexity index is 963. The van der Waals surface area contributed by atoms with E-state index in [1.54, 1.807) is 19.3 Å². The maximum Gasteiger partial charge on any atom is 0.262 e. The molecule has 0 aliphatic heterocycles. The van der Waals surface area contributed by atoms with Crippen LogP contribution in [0, 0.1) is 25.2 Å². The molecule has 1 amide bonds. The summed E-state index contributed by atoms with van der Waals surface area (Å²) in [5.74, 6) is 0.390. The van der Waals surface area contributed by atoms with E-state index < -0.39 is 0 Å². The fraction of sp³-hybridized carbons (Fsp3) is 0.364. The molecule has 0 atom stereocenters. The van der Waals surface area contributed by atoms with Crippen molar-refractivity contribution < 1.29 is 9.53 Å². The van der Waals surface area contributed by atoms with Gasteiger partial charge in [-0.2, -0.15) is 5.26 Å². The van der Waals surface area contributed by atoms with Gasteiger partial charge in [0.1, 0.15) is 17.4 Å². The zero-order valence-corrected chi connectivity index (χ0v) is 17.1. The van der Waals surface area contributed by atoms with Gasteiger partial charge in [-0.15, -0.1) is 0 Å². The number of nitrogens with zero attached hydrogens (tertiary/aromatic N) is 2. The van der Waals surface area contributed by atoms with Gasteiger partial charge in [0.25, 0.3) is 5.91 Å². The molecule has 2 aromatic rings. The number of carbonyl (C=O) groups excluding carboxylic acids is 1. The predicted molar refractivity (Wildman–Crippen MR) is 111 cm³/mol. The van der Waals surface area contributed by atoms with Crippen LogP contribution in [-0.4, -0.2) is 23.6 Å². The lowest BCUT2D eigenvalue weighted by atomic mass is 10.1. The second-order valence-corrected chi connectivity index (χ2v) is 7.54. The molecule has 1 aliphatic carbocycles. The van der Waals surface area contributed by atoms with Crippen molar-refractivity contribution >= 4 is 23.6 Å². The first kappa shape index (κ1) is 20.0. The highest BCUT2D eigenvalue weighted by Gasteiger charge is 2.20. The molecule has 3 rings (SSSR count). The Labute approximate surface area is 170 Å². The van der Waals surface area contributed by atoms with E-state index in [4.69, 9.17) is 16.3 Å². The number of methoxy groups -OCH3 is 1. The number of carbonyl (C=O) groups is 1. The van der Waals surface area contributed by atoms with Crippen molar-refractivity contribution in [1.29, 1.82) is 5.26 Å². The molecule has 0 saturated heterocycles. The van der Waals surface area contributed by atoms with E-state index in [-0.39, 0.29) is 17.5 Å². The average molecular weight is 398 g/mol. The van der Waals surface area contributed by atoms with Gasteiger partial charge in [0.15, 0.2) is 0 Å². The van der Waals surface area contributed by atoms with Gasteiger partial charge < -0.3 is 14.6 Å². The minimum atomic E-state index is -0.306. The highest BCUT2D eigenvalue weighted by molar-refractivity contribution is 6.30.